The molecule has 0 saturated carbocycles. The second kappa shape index (κ2) is 5.03. The summed E-state index contributed by atoms with van der Waals surface area (Å²) in [7, 11) is 1.68. The van der Waals surface area contributed by atoms with Gasteiger partial charge in [-0.15, -0.1) is 0 Å². The zero-order chi connectivity index (χ0) is 12.4. The maximum atomic E-state index is 6.22. The van der Waals surface area contributed by atoms with Gasteiger partial charge in [0, 0.05) is 18.1 Å². The number of hydrogen-bond acceptors (Lipinski definition) is 2. The Labute approximate surface area is 107 Å². The number of aromatic nitrogens is 1. The molecule has 1 aromatic heterocycles. The number of hydrogen-bond donors (Lipinski definition) is 0. The van der Waals surface area contributed by atoms with Crippen molar-refractivity contribution in [3.05, 3.63) is 40.5 Å². The molecule has 2 rings (SSSR count). The summed E-state index contributed by atoms with van der Waals surface area (Å²) in [4.78, 5) is 4.50. The molecular weight excluding hydrogens is 234 g/mol. The Morgan fingerprint density at radius 3 is 2.76 bits per heavy atom. The maximum absolute atomic E-state index is 6.22. The summed E-state index contributed by atoms with van der Waals surface area (Å²) < 4.78 is 5.17. The van der Waals surface area contributed by atoms with Crippen molar-refractivity contribution in [2.24, 2.45) is 0 Å². The highest BCUT2D eigenvalue weighted by Crippen LogP contribution is 2.28. The fraction of sp³-hybridized carbons (Fsp3) is 0.357. The van der Waals surface area contributed by atoms with E-state index in [9.17, 15) is 0 Å². The molecule has 0 aliphatic heterocycles. The number of para-hydroxylation sites is 1. The Morgan fingerprint density at radius 1 is 1.35 bits per heavy atom. The van der Waals surface area contributed by atoms with Gasteiger partial charge in [-0.3, -0.25) is 0 Å². The molecule has 0 amide bonds. The number of halogens is 1. The Morgan fingerprint density at radius 2 is 2.12 bits per heavy atom. The Kier molecular flexibility index (Phi) is 3.65. The Balaban J connectivity index is 2.64. The van der Waals surface area contributed by atoms with E-state index in [2.05, 4.69) is 31.0 Å². The van der Waals surface area contributed by atoms with Crippen LogP contribution in [0, 0.1) is 0 Å². The Hall–Kier alpha value is -1.12. The average molecular weight is 250 g/mol. The van der Waals surface area contributed by atoms with Gasteiger partial charge in [0.25, 0.3) is 0 Å². The second-order valence-electron chi connectivity index (χ2n) is 4.44. The van der Waals surface area contributed by atoms with E-state index in [0.29, 0.717) is 17.7 Å². The van der Waals surface area contributed by atoms with Crippen LogP contribution in [-0.2, 0) is 11.3 Å². The molecule has 0 aliphatic rings. The minimum absolute atomic E-state index is 0.380. The van der Waals surface area contributed by atoms with Crippen LogP contribution in [-0.4, -0.2) is 12.1 Å². The average Bonchev–Trinajstić information content (AvgIpc) is 2.29. The van der Waals surface area contributed by atoms with Gasteiger partial charge in [0.05, 0.1) is 12.1 Å². The SMILES string of the molecule is COCc1cccc2cc(C(C)C)c(Cl)nc12. The van der Waals surface area contributed by atoms with Gasteiger partial charge in [-0.1, -0.05) is 43.6 Å². The number of rotatable bonds is 3. The van der Waals surface area contributed by atoms with E-state index in [0.717, 1.165) is 22.0 Å². The van der Waals surface area contributed by atoms with Crippen molar-refractivity contribution in [2.45, 2.75) is 26.4 Å². The molecule has 0 spiro atoms. The zero-order valence-electron chi connectivity index (χ0n) is 10.3. The molecule has 1 heterocycles. The molecular formula is C14H16ClNO. The monoisotopic (exact) mass is 249 g/mol. The lowest BCUT2D eigenvalue weighted by Crippen LogP contribution is -1.96. The molecule has 0 saturated heterocycles. The lowest BCUT2D eigenvalue weighted by Gasteiger charge is -2.11. The van der Waals surface area contributed by atoms with Crippen molar-refractivity contribution < 1.29 is 4.74 Å². The molecule has 0 atom stereocenters. The fourth-order valence-corrected chi connectivity index (χ4v) is 2.29. The summed E-state index contributed by atoms with van der Waals surface area (Å²) in [5, 5.41) is 1.71. The van der Waals surface area contributed by atoms with Crippen LogP contribution in [0.15, 0.2) is 24.3 Å². The number of fused-ring (bicyclic) bond motifs is 1. The van der Waals surface area contributed by atoms with Crippen LogP contribution < -0.4 is 0 Å². The summed E-state index contributed by atoms with van der Waals surface area (Å²) in [5.41, 5.74) is 3.10. The van der Waals surface area contributed by atoms with Gasteiger partial charge >= 0.3 is 0 Å². The van der Waals surface area contributed by atoms with Crippen LogP contribution in [0.1, 0.15) is 30.9 Å². The molecule has 1 aromatic carbocycles. The van der Waals surface area contributed by atoms with E-state index in [1.807, 2.05) is 12.1 Å². The number of pyridine rings is 1. The molecule has 2 aromatic rings. The van der Waals surface area contributed by atoms with Crippen molar-refractivity contribution in [3.63, 3.8) is 0 Å². The normalized spacial score (nSPS) is 11.4. The smallest absolute Gasteiger partial charge is 0.133 e. The van der Waals surface area contributed by atoms with Gasteiger partial charge in [-0.05, 0) is 17.5 Å². The predicted molar refractivity (Wildman–Crippen MR) is 71.6 cm³/mol. The number of methoxy groups -OCH3 is 1. The van der Waals surface area contributed by atoms with E-state index >= 15 is 0 Å². The second-order valence-corrected chi connectivity index (χ2v) is 4.80. The van der Waals surface area contributed by atoms with E-state index in [1.54, 1.807) is 7.11 Å². The molecule has 0 N–H and O–H groups in total. The van der Waals surface area contributed by atoms with Gasteiger partial charge in [0.2, 0.25) is 0 Å². The van der Waals surface area contributed by atoms with Gasteiger partial charge < -0.3 is 4.74 Å². The third-order valence-electron chi connectivity index (χ3n) is 2.83. The summed E-state index contributed by atoms with van der Waals surface area (Å²) in [5.74, 6) is 0.380. The van der Waals surface area contributed by atoms with Gasteiger partial charge in [-0.2, -0.15) is 0 Å². The first-order chi connectivity index (χ1) is 8.13. The number of benzene rings is 1. The van der Waals surface area contributed by atoms with Crippen LogP contribution in [0.2, 0.25) is 5.15 Å². The van der Waals surface area contributed by atoms with Gasteiger partial charge in [0.1, 0.15) is 5.15 Å². The number of nitrogens with zero attached hydrogens (tertiary/aromatic N) is 1. The van der Waals surface area contributed by atoms with E-state index in [4.69, 9.17) is 16.3 Å². The lowest BCUT2D eigenvalue weighted by molar-refractivity contribution is 0.186. The summed E-state index contributed by atoms with van der Waals surface area (Å²) in [6.45, 7) is 4.79. The molecule has 0 aliphatic carbocycles. The van der Waals surface area contributed by atoms with Crippen LogP contribution >= 0.6 is 11.6 Å². The molecule has 0 fully saturated rings. The predicted octanol–water partition coefficient (Wildman–Crippen LogP) is 4.16. The van der Waals surface area contributed by atoms with Crippen molar-refractivity contribution in [1.29, 1.82) is 0 Å². The number of ether oxygens (including phenoxy) is 1. The van der Waals surface area contributed by atoms with E-state index in [-0.39, 0.29) is 0 Å². The van der Waals surface area contributed by atoms with E-state index < -0.39 is 0 Å². The van der Waals surface area contributed by atoms with Gasteiger partial charge in [0.15, 0.2) is 0 Å². The van der Waals surface area contributed by atoms with E-state index in [1.165, 1.54) is 0 Å². The zero-order valence-corrected chi connectivity index (χ0v) is 11.1. The highest BCUT2D eigenvalue weighted by Gasteiger charge is 2.10. The van der Waals surface area contributed by atoms with Crippen LogP contribution in [0.4, 0.5) is 0 Å². The van der Waals surface area contributed by atoms with Crippen molar-refractivity contribution in [1.82, 2.24) is 4.98 Å². The quantitative estimate of drug-likeness (QED) is 0.762. The molecule has 17 heavy (non-hydrogen) atoms. The largest absolute Gasteiger partial charge is 0.380 e. The fourth-order valence-electron chi connectivity index (χ4n) is 1.93. The molecule has 90 valence electrons. The van der Waals surface area contributed by atoms with Crippen LogP contribution in [0.3, 0.4) is 0 Å². The highest BCUT2D eigenvalue weighted by molar-refractivity contribution is 6.30. The first kappa shape index (κ1) is 12.3. The third-order valence-corrected chi connectivity index (χ3v) is 3.13. The first-order valence-corrected chi connectivity index (χ1v) is 6.08. The lowest BCUT2D eigenvalue weighted by atomic mass is 10.0. The summed E-state index contributed by atoms with van der Waals surface area (Å²) in [6, 6.07) is 8.22. The van der Waals surface area contributed by atoms with Crippen molar-refractivity contribution in [3.8, 4) is 0 Å². The van der Waals surface area contributed by atoms with Gasteiger partial charge in [-0.25, -0.2) is 4.98 Å². The van der Waals surface area contributed by atoms with Crippen molar-refractivity contribution >= 4 is 22.5 Å². The minimum Gasteiger partial charge on any atom is -0.380 e. The summed E-state index contributed by atoms with van der Waals surface area (Å²) in [6.07, 6.45) is 0. The van der Waals surface area contributed by atoms with Crippen molar-refractivity contribution in [2.75, 3.05) is 7.11 Å². The van der Waals surface area contributed by atoms with Crippen LogP contribution in [0.25, 0.3) is 10.9 Å². The molecule has 2 nitrogen and oxygen atoms in total. The molecule has 3 heteroatoms. The standard InChI is InChI=1S/C14H16ClNO/c1-9(2)12-7-10-5-4-6-11(8-17-3)13(10)16-14(12)15/h4-7,9H,8H2,1-3H3. The molecule has 0 radical (unpaired) electrons. The maximum Gasteiger partial charge on any atom is 0.133 e. The molecule has 0 bridgehead atoms. The minimum atomic E-state index is 0.380. The van der Waals surface area contributed by atoms with Crippen LogP contribution in [0.5, 0.6) is 0 Å². The molecule has 0 unspecified atom stereocenters. The summed E-state index contributed by atoms with van der Waals surface area (Å²) >= 11 is 6.22. The first-order valence-electron chi connectivity index (χ1n) is 5.70. The topological polar surface area (TPSA) is 22.1 Å². The highest BCUT2D eigenvalue weighted by atomic mass is 35.5. The Bertz CT molecular complexity index is 537. The third kappa shape index (κ3) is 2.43.